The van der Waals surface area contributed by atoms with Gasteiger partial charge >= 0.3 is 6.18 Å². The van der Waals surface area contributed by atoms with Crippen molar-refractivity contribution in [1.82, 2.24) is 15.2 Å². The summed E-state index contributed by atoms with van der Waals surface area (Å²) in [5.74, 6) is 1.39. The smallest absolute Gasteiger partial charge is 0.382 e. The highest BCUT2D eigenvalue weighted by Crippen LogP contribution is 2.38. The van der Waals surface area contributed by atoms with Crippen molar-refractivity contribution < 1.29 is 18.0 Å². The van der Waals surface area contributed by atoms with Gasteiger partial charge in [-0.15, -0.1) is 0 Å². The molecule has 0 radical (unpaired) electrons. The van der Waals surface area contributed by atoms with Crippen LogP contribution in [0.4, 0.5) is 18.9 Å². The second-order valence-electron chi connectivity index (χ2n) is 9.89. The Balaban J connectivity index is 1.30. The van der Waals surface area contributed by atoms with Crippen molar-refractivity contribution >= 4 is 49.6 Å². The van der Waals surface area contributed by atoms with E-state index in [1.165, 1.54) is 23.9 Å². The summed E-state index contributed by atoms with van der Waals surface area (Å²) in [6.07, 6.45) is 2.21. The molecule has 2 atom stereocenters. The molecule has 0 spiro atoms. The number of carbonyl (C=O) groups excluding carboxylic acids is 1. The largest absolute Gasteiger partial charge is 0.433 e. The first kappa shape index (κ1) is 25.8. The third kappa shape index (κ3) is 5.51. The fraction of sp³-hybridized carbons (Fsp3) is 0.560. The predicted molar refractivity (Wildman–Crippen MR) is 140 cm³/mol. The molecule has 1 amide bonds. The lowest BCUT2D eigenvalue weighted by Crippen LogP contribution is -2.49. The molecule has 36 heavy (non-hydrogen) atoms. The van der Waals surface area contributed by atoms with E-state index in [0.29, 0.717) is 16.1 Å². The van der Waals surface area contributed by atoms with Gasteiger partial charge in [-0.2, -0.15) is 23.7 Å². The van der Waals surface area contributed by atoms with E-state index in [0.717, 1.165) is 56.3 Å². The topological polar surface area (TPSA) is 83.3 Å². The number of halogens is 4. The number of fused-ring (bicyclic) bond motifs is 1. The van der Waals surface area contributed by atoms with Crippen molar-refractivity contribution in [2.24, 2.45) is 5.73 Å². The van der Waals surface area contributed by atoms with Crippen molar-refractivity contribution in [1.29, 1.82) is 0 Å². The molecule has 1 aromatic carbocycles. The fourth-order valence-electron chi connectivity index (χ4n) is 5.60. The second kappa shape index (κ2) is 10.5. The van der Waals surface area contributed by atoms with Crippen LogP contribution >= 0.6 is 22.1 Å². The molecule has 1 aliphatic carbocycles. The lowest BCUT2D eigenvalue weighted by molar-refractivity contribution is -0.140. The first-order chi connectivity index (χ1) is 17.2. The van der Waals surface area contributed by atoms with Crippen LogP contribution in [0.2, 0.25) is 5.02 Å². The zero-order chi connectivity index (χ0) is 25.4. The summed E-state index contributed by atoms with van der Waals surface area (Å²) in [5.41, 5.74) is 5.54. The number of nitrogens with zero attached hydrogens (tertiary/aromatic N) is 2. The molecule has 3 fully saturated rings. The number of hydrogen-bond donors (Lipinski definition) is 3. The summed E-state index contributed by atoms with van der Waals surface area (Å²) in [7, 11) is 0.0234. The molecule has 2 saturated heterocycles. The molecule has 196 valence electrons. The van der Waals surface area contributed by atoms with Gasteiger partial charge in [-0.25, -0.2) is 4.98 Å². The number of amides is 1. The van der Waals surface area contributed by atoms with E-state index in [1.807, 2.05) is 0 Å². The molecule has 2 unspecified atom stereocenters. The predicted octanol–water partition coefficient (Wildman–Crippen LogP) is 4.93. The van der Waals surface area contributed by atoms with E-state index in [2.05, 4.69) is 20.5 Å². The van der Waals surface area contributed by atoms with Gasteiger partial charge in [-0.1, -0.05) is 11.6 Å². The number of rotatable bonds is 4. The van der Waals surface area contributed by atoms with Crippen LogP contribution in [0.25, 0.3) is 10.9 Å². The van der Waals surface area contributed by atoms with Crippen LogP contribution in [-0.2, 0) is 11.0 Å². The summed E-state index contributed by atoms with van der Waals surface area (Å²) >= 11 is 6.14. The van der Waals surface area contributed by atoms with E-state index < -0.39 is 11.9 Å². The zero-order valence-electron chi connectivity index (χ0n) is 19.9. The fourth-order valence-corrected chi connectivity index (χ4v) is 8.46. The maximum atomic E-state index is 13.5. The van der Waals surface area contributed by atoms with Crippen molar-refractivity contribution in [2.75, 3.05) is 23.5 Å². The number of carbonyl (C=O) groups is 1. The van der Waals surface area contributed by atoms with Crippen LogP contribution in [0.3, 0.4) is 0 Å². The summed E-state index contributed by atoms with van der Waals surface area (Å²) in [5, 5.41) is 7.93. The molecule has 4 N–H and O–H groups in total. The third-order valence-electron chi connectivity index (χ3n) is 7.48. The Morgan fingerprint density at radius 1 is 1.19 bits per heavy atom. The molecule has 0 bridgehead atoms. The number of anilines is 1. The van der Waals surface area contributed by atoms with Crippen molar-refractivity contribution in [3.63, 3.8) is 0 Å². The number of nitrogens with one attached hydrogen (secondary N) is 2. The highest BCUT2D eigenvalue weighted by Gasteiger charge is 2.39. The van der Waals surface area contributed by atoms with Gasteiger partial charge in [0.05, 0.1) is 11.6 Å². The molecule has 2 aliphatic heterocycles. The van der Waals surface area contributed by atoms with E-state index in [4.69, 9.17) is 17.3 Å². The Kier molecular flexibility index (Phi) is 7.49. The number of piperidine rings is 1. The van der Waals surface area contributed by atoms with E-state index in [-0.39, 0.29) is 40.0 Å². The number of pyridine rings is 1. The van der Waals surface area contributed by atoms with Gasteiger partial charge in [0.1, 0.15) is 5.69 Å². The van der Waals surface area contributed by atoms with E-state index in [1.54, 1.807) is 12.1 Å². The van der Waals surface area contributed by atoms with Gasteiger partial charge in [0.2, 0.25) is 5.91 Å². The average Bonchev–Trinajstić information content (AvgIpc) is 3.31. The lowest BCUT2D eigenvalue weighted by atomic mass is 9.89. The molecule has 5 rings (SSSR count). The Morgan fingerprint density at radius 2 is 1.97 bits per heavy atom. The Bertz CT molecular complexity index is 1170. The highest BCUT2D eigenvalue weighted by molar-refractivity contribution is 8.16. The summed E-state index contributed by atoms with van der Waals surface area (Å²) in [6, 6.07) is 5.81. The molecular formula is C25H31ClF3N5OS. The molecule has 1 saturated carbocycles. The Hall–Kier alpha value is -1.88. The Labute approximate surface area is 216 Å². The van der Waals surface area contributed by atoms with E-state index >= 15 is 0 Å². The van der Waals surface area contributed by atoms with Crippen molar-refractivity contribution in [3.05, 3.63) is 35.0 Å². The minimum absolute atomic E-state index is 0.0224. The van der Waals surface area contributed by atoms with Gasteiger partial charge in [0, 0.05) is 51.3 Å². The maximum Gasteiger partial charge on any atom is 0.433 e. The van der Waals surface area contributed by atoms with Crippen LogP contribution in [0.15, 0.2) is 24.3 Å². The molecule has 11 heteroatoms. The van der Waals surface area contributed by atoms with Crippen LogP contribution in [0, 0.1) is 0 Å². The number of aromatic nitrogens is 1. The molecule has 1 aromatic heterocycles. The molecule has 6 nitrogen and oxygen atoms in total. The van der Waals surface area contributed by atoms with Gasteiger partial charge in [-0.3, -0.25) is 15.0 Å². The molecule has 3 heterocycles. The number of primary amides is 1. The number of hydrogen-bond acceptors (Lipinski definition) is 4. The zero-order valence-corrected chi connectivity index (χ0v) is 21.5. The Morgan fingerprint density at radius 3 is 2.64 bits per heavy atom. The number of nitrogens with two attached hydrogens (primary N) is 1. The monoisotopic (exact) mass is 541 g/mol. The molecule has 2 aromatic rings. The minimum atomic E-state index is -4.54. The maximum absolute atomic E-state index is 13.5. The average molecular weight is 542 g/mol. The van der Waals surface area contributed by atoms with Crippen LogP contribution in [-0.4, -0.2) is 57.1 Å². The number of benzene rings is 1. The van der Waals surface area contributed by atoms with Crippen LogP contribution in [0.5, 0.6) is 0 Å². The standard InChI is InChI=1S/C25H31ClF3N5OS/c26-15-4-9-19-18(11-15)20(12-22(33-19)25(27,28)29)32-16-5-7-17(8-6-16)34-14-36(13-21(34)24(30)35)23-3-1-2-10-31-23/h4,9,11-12,16-17,21,31H,1-3,5-8,10,13-14H2,(H2,30,35)(H,32,33). The first-order valence-electron chi connectivity index (χ1n) is 12.5. The summed E-state index contributed by atoms with van der Waals surface area (Å²) in [4.78, 5) is 19.8. The first-order valence-corrected chi connectivity index (χ1v) is 14.4. The van der Waals surface area contributed by atoms with E-state index in [9.17, 15) is 18.0 Å². The van der Waals surface area contributed by atoms with Crippen molar-refractivity contribution in [2.45, 2.75) is 69.2 Å². The minimum Gasteiger partial charge on any atom is -0.382 e. The SMILES string of the molecule is NC(=O)C1C/S(=C2/CCCCN2)CN1C1CCC(Nc2cc(C(F)(F)F)nc3ccc(Cl)cc23)CC1. The summed E-state index contributed by atoms with van der Waals surface area (Å²) < 4.78 is 40.4. The highest BCUT2D eigenvalue weighted by atomic mass is 35.5. The summed E-state index contributed by atoms with van der Waals surface area (Å²) in [6.45, 7) is 1.00. The van der Waals surface area contributed by atoms with Crippen LogP contribution < -0.4 is 16.4 Å². The van der Waals surface area contributed by atoms with Gasteiger partial charge in [0.15, 0.2) is 0 Å². The van der Waals surface area contributed by atoms with Gasteiger partial charge in [-0.05, 0) is 69.2 Å². The second-order valence-corrected chi connectivity index (χ2v) is 12.4. The lowest BCUT2D eigenvalue weighted by Gasteiger charge is -2.37. The van der Waals surface area contributed by atoms with Crippen molar-refractivity contribution in [3.8, 4) is 0 Å². The normalized spacial score (nSPS) is 28.9. The molecular weight excluding hydrogens is 511 g/mol. The molecule has 3 aliphatic rings. The van der Waals surface area contributed by atoms with Gasteiger partial charge in [0.25, 0.3) is 0 Å². The quantitative estimate of drug-likeness (QED) is 0.478. The number of alkyl halides is 3. The van der Waals surface area contributed by atoms with Gasteiger partial charge < -0.3 is 11.1 Å². The van der Waals surface area contributed by atoms with Crippen LogP contribution in [0.1, 0.15) is 50.6 Å². The third-order valence-corrected chi connectivity index (χ3v) is 10.1.